The van der Waals surface area contributed by atoms with E-state index < -0.39 is 10.0 Å². The van der Waals surface area contributed by atoms with Gasteiger partial charge in [-0.05, 0) is 42.9 Å². The van der Waals surface area contributed by atoms with Crippen molar-refractivity contribution in [1.29, 1.82) is 0 Å². The molecule has 0 bridgehead atoms. The number of nitrogens with zero attached hydrogens (tertiary/aromatic N) is 3. The Morgan fingerprint density at radius 3 is 2.76 bits per heavy atom. The quantitative estimate of drug-likeness (QED) is 0.610. The van der Waals surface area contributed by atoms with Crippen LogP contribution in [0.4, 0.5) is 5.82 Å². The molecule has 0 unspecified atom stereocenters. The van der Waals surface area contributed by atoms with E-state index in [1.807, 2.05) is 29.9 Å². The van der Waals surface area contributed by atoms with Crippen molar-refractivity contribution < 1.29 is 12.9 Å². The Morgan fingerprint density at radius 2 is 2.03 bits per heavy atom. The topological polar surface area (TPSA) is 116 Å². The van der Waals surface area contributed by atoms with Crippen LogP contribution in [0.1, 0.15) is 48.8 Å². The summed E-state index contributed by atoms with van der Waals surface area (Å²) in [6.07, 6.45) is 9.02. The van der Waals surface area contributed by atoms with Crippen molar-refractivity contribution in [1.82, 2.24) is 14.9 Å². The number of hydrogen-bond acceptors (Lipinski definition) is 6. The lowest BCUT2D eigenvalue weighted by molar-refractivity contribution is 0.385. The molecule has 0 aliphatic heterocycles. The highest BCUT2D eigenvalue weighted by Crippen LogP contribution is 2.30. The Morgan fingerprint density at radius 1 is 1.24 bits per heavy atom. The smallest absolute Gasteiger partial charge is 0.234 e. The van der Waals surface area contributed by atoms with Gasteiger partial charge in [0.05, 0.1) is 23.9 Å². The van der Waals surface area contributed by atoms with Crippen molar-refractivity contribution in [3.63, 3.8) is 0 Å². The molecule has 1 aliphatic rings. The normalized spacial score (nSPS) is 15.8. The standard InChI is InChI=1S/C20H27N5O3S/c1-14-7-16(11-25-12-17(9-21)10-22-25)8-18-19(14)20(23-28-18)24-29(26,27)13-15-5-3-2-4-6-15/h7-8,10,12,15H,2-6,9,11,13,21H2,1H3,(H,23,24). The Balaban J connectivity index is 1.53. The number of hydrogen-bond donors (Lipinski definition) is 2. The summed E-state index contributed by atoms with van der Waals surface area (Å²) in [5.41, 5.74) is 9.06. The zero-order chi connectivity index (χ0) is 20.4. The molecule has 0 amide bonds. The number of nitrogens with two attached hydrogens (primary N) is 1. The molecular weight excluding hydrogens is 390 g/mol. The lowest BCUT2D eigenvalue weighted by atomic mass is 9.91. The fourth-order valence-electron chi connectivity index (χ4n) is 4.14. The number of sulfonamides is 1. The maximum absolute atomic E-state index is 12.6. The van der Waals surface area contributed by atoms with E-state index in [1.54, 1.807) is 6.20 Å². The van der Waals surface area contributed by atoms with Gasteiger partial charge in [0.1, 0.15) is 0 Å². The summed E-state index contributed by atoms with van der Waals surface area (Å²) in [7, 11) is -3.47. The maximum atomic E-state index is 12.6. The molecule has 2 aromatic heterocycles. The molecule has 1 saturated carbocycles. The number of nitrogens with one attached hydrogen (secondary N) is 1. The van der Waals surface area contributed by atoms with Gasteiger partial charge in [0.15, 0.2) is 11.4 Å². The van der Waals surface area contributed by atoms with Gasteiger partial charge in [-0.3, -0.25) is 9.40 Å². The predicted octanol–water partition coefficient (Wildman–Crippen LogP) is 3.16. The monoisotopic (exact) mass is 417 g/mol. The summed E-state index contributed by atoms with van der Waals surface area (Å²) >= 11 is 0. The van der Waals surface area contributed by atoms with Crippen LogP contribution in [-0.4, -0.2) is 29.1 Å². The molecule has 0 radical (unpaired) electrons. The minimum Gasteiger partial charge on any atom is -0.354 e. The van der Waals surface area contributed by atoms with Gasteiger partial charge in [0.2, 0.25) is 10.0 Å². The first-order valence-corrected chi connectivity index (χ1v) is 11.7. The summed E-state index contributed by atoms with van der Waals surface area (Å²) < 4.78 is 35.2. The molecule has 0 spiro atoms. The number of aromatic nitrogens is 3. The van der Waals surface area contributed by atoms with Gasteiger partial charge in [-0.15, -0.1) is 0 Å². The van der Waals surface area contributed by atoms with E-state index >= 15 is 0 Å². The maximum Gasteiger partial charge on any atom is 0.234 e. The Bertz CT molecular complexity index is 1100. The van der Waals surface area contributed by atoms with E-state index in [-0.39, 0.29) is 17.5 Å². The lowest BCUT2D eigenvalue weighted by Gasteiger charge is -2.21. The molecule has 29 heavy (non-hydrogen) atoms. The molecule has 3 aromatic rings. The first-order chi connectivity index (χ1) is 13.9. The Kier molecular flexibility index (Phi) is 5.60. The van der Waals surface area contributed by atoms with Crippen LogP contribution in [0.5, 0.6) is 0 Å². The van der Waals surface area contributed by atoms with Crippen molar-refractivity contribution in [3.05, 3.63) is 41.2 Å². The Labute approximate surface area is 170 Å². The molecule has 9 heteroatoms. The fourth-order valence-corrected chi connectivity index (χ4v) is 5.61. The second-order valence-corrected chi connectivity index (χ2v) is 9.72. The predicted molar refractivity (Wildman–Crippen MR) is 112 cm³/mol. The molecule has 4 rings (SSSR count). The first kappa shape index (κ1) is 19.9. The van der Waals surface area contributed by atoms with Gasteiger partial charge in [-0.2, -0.15) is 5.10 Å². The molecule has 0 saturated heterocycles. The highest BCUT2D eigenvalue weighted by molar-refractivity contribution is 7.92. The molecule has 156 valence electrons. The van der Waals surface area contributed by atoms with E-state index in [0.717, 1.165) is 42.4 Å². The summed E-state index contributed by atoms with van der Waals surface area (Å²) in [4.78, 5) is 0. The van der Waals surface area contributed by atoms with Gasteiger partial charge >= 0.3 is 0 Å². The van der Waals surface area contributed by atoms with Crippen LogP contribution in [0.3, 0.4) is 0 Å². The highest BCUT2D eigenvalue weighted by Gasteiger charge is 2.24. The third-order valence-electron chi connectivity index (χ3n) is 5.53. The van der Waals surface area contributed by atoms with Crippen molar-refractivity contribution in [2.24, 2.45) is 11.7 Å². The summed E-state index contributed by atoms with van der Waals surface area (Å²) in [6, 6.07) is 3.88. The summed E-state index contributed by atoms with van der Waals surface area (Å²) in [5, 5.41) is 8.99. The van der Waals surface area contributed by atoms with Crippen molar-refractivity contribution in [2.45, 2.75) is 52.1 Å². The molecule has 2 heterocycles. The van der Waals surface area contributed by atoms with E-state index in [1.165, 1.54) is 6.42 Å². The number of rotatable bonds is 7. The van der Waals surface area contributed by atoms with E-state index in [4.69, 9.17) is 10.3 Å². The summed E-state index contributed by atoms with van der Waals surface area (Å²) in [6.45, 7) is 2.95. The van der Waals surface area contributed by atoms with Crippen LogP contribution in [0.2, 0.25) is 0 Å². The third kappa shape index (κ3) is 4.62. The average molecular weight is 418 g/mol. The molecule has 8 nitrogen and oxygen atoms in total. The molecule has 3 N–H and O–H groups in total. The van der Waals surface area contributed by atoms with Crippen LogP contribution in [0, 0.1) is 12.8 Å². The second kappa shape index (κ2) is 8.16. The minimum absolute atomic E-state index is 0.140. The molecule has 1 fully saturated rings. The number of anilines is 1. The number of benzene rings is 1. The fraction of sp³-hybridized carbons (Fsp3) is 0.500. The van der Waals surface area contributed by atoms with Crippen molar-refractivity contribution in [2.75, 3.05) is 10.5 Å². The second-order valence-electron chi connectivity index (χ2n) is 7.95. The van der Waals surface area contributed by atoms with Gasteiger partial charge in [0, 0.05) is 18.3 Å². The Hall–Kier alpha value is -2.39. The molecule has 1 aliphatic carbocycles. The lowest BCUT2D eigenvalue weighted by Crippen LogP contribution is -2.24. The van der Waals surface area contributed by atoms with Gasteiger partial charge in [-0.25, -0.2) is 8.42 Å². The van der Waals surface area contributed by atoms with Crippen LogP contribution in [-0.2, 0) is 23.1 Å². The zero-order valence-electron chi connectivity index (χ0n) is 16.6. The van der Waals surface area contributed by atoms with Gasteiger partial charge in [0.25, 0.3) is 0 Å². The largest absolute Gasteiger partial charge is 0.354 e. The van der Waals surface area contributed by atoms with Gasteiger partial charge in [-0.1, -0.05) is 30.5 Å². The van der Waals surface area contributed by atoms with Crippen LogP contribution >= 0.6 is 0 Å². The van der Waals surface area contributed by atoms with Gasteiger partial charge < -0.3 is 10.3 Å². The van der Waals surface area contributed by atoms with Crippen molar-refractivity contribution in [3.8, 4) is 0 Å². The SMILES string of the molecule is Cc1cc(Cn2cc(CN)cn2)cc2onc(NS(=O)(=O)CC3CCCCC3)c12. The van der Waals surface area contributed by atoms with Crippen molar-refractivity contribution >= 4 is 26.8 Å². The van der Waals surface area contributed by atoms with Crippen LogP contribution < -0.4 is 10.5 Å². The van der Waals surface area contributed by atoms with Crippen LogP contribution in [0.25, 0.3) is 11.0 Å². The van der Waals surface area contributed by atoms with E-state index in [2.05, 4.69) is 15.0 Å². The summed E-state index contributed by atoms with van der Waals surface area (Å²) in [5.74, 6) is 0.630. The number of aryl methyl sites for hydroxylation is 1. The molecular formula is C20H27N5O3S. The first-order valence-electron chi connectivity index (χ1n) is 10.0. The van der Waals surface area contributed by atoms with E-state index in [9.17, 15) is 8.42 Å². The highest BCUT2D eigenvalue weighted by atomic mass is 32.2. The number of fused-ring (bicyclic) bond motifs is 1. The van der Waals surface area contributed by atoms with E-state index in [0.29, 0.717) is 24.1 Å². The minimum atomic E-state index is -3.47. The molecule has 0 atom stereocenters. The zero-order valence-corrected chi connectivity index (χ0v) is 17.4. The third-order valence-corrected chi connectivity index (χ3v) is 6.94. The van der Waals surface area contributed by atoms with Crippen LogP contribution in [0.15, 0.2) is 29.0 Å². The average Bonchev–Trinajstić information content (AvgIpc) is 3.29. The molecule has 1 aromatic carbocycles.